The number of hydrogen-bond donors (Lipinski definition) is 1. The normalized spacial score (nSPS) is 11.4. The third-order valence-electron chi connectivity index (χ3n) is 3.89. The maximum Gasteiger partial charge on any atom is 0.221 e. The third kappa shape index (κ3) is 5.08. The van der Waals surface area contributed by atoms with Crippen molar-refractivity contribution < 1.29 is 9.59 Å². The van der Waals surface area contributed by atoms with Gasteiger partial charge in [0.15, 0.2) is 0 Å². The number of ketones is 1. The summed E-state index contributed by atoms with van der Waals surface area (Å²) in [7, 11) is 0. The molecule has 3 rings (SSSR count). The Bertz CT molecular complexity index is 1010. The monoisotopic (exact) mass is 369 g/mol. The Kier molecular flexibility index (Phi) is 6.21. The Balaban J connectivity index is 1.86. The van der Waals surface area contributed by atoms with Gasteiger partial charge in [-0.3, -0.25) is 9.59 Å². The highest BCUT2D eigenvalue weighted by molar-refractivity contribution is 6.51. The zero-order chi connectivity index (χ0) is 19.8. The molecule has 0 aliphatic rings. The molecule has 0 radical (unpaired) electrons. The highest BCUT2D eigenvalue weighted by Gasteiger charge is 2.15. The summed E-state index contributed by atoms with van der Waals surface area (Å²) in [6.45, 7) is 1.46. The summed E-state index contributed by atoms with van der Waals surface area (Å²) in [5.41, 5.74) is 3.04. The molecule has 1 N–H and O–H groups in total. The first-order valence-corrected chi connectivity index (χ1v) is 8.77. The van der Waals surface area contributed by atoms with E-state index < -0.39 is 0 Å². The van der Waals surface area contributed by atoms with Crippen molar-refractivity contribution in [3.8, 4) is 0 Å². The van der Waals surface area contributed by atoms with Crippen molar-refractivity contribution in [2.75, 3.05) is 5.32 Å². The molecule has 0 fully saturated rings. The lowest BCUT2D eigenvalue weighted by molar-refractivity contribution is -0.114. The van der Waals surface area contributed by atoms with Crippen molar-refractivity contribution in [3.05, 3.63) is 102 Å². The number of carbonyl (C=O) groups excluding carboxylic acids is 2. The number of carbonyl (C=O) groups is 2. The smallest absolute Gasteiger partial charge is 0.221 e. The zero-order valence-corrected chi connectivity index (χ0v) is 15.4. The number of nitrogens with zero attached hydrogens (tertiary/aromatic N) is 2. The van der Waals surface area contributed by atoms with E-state index in [1.165, 1.54) is 6.92 Å². The van der Waals surface area contributed by atoms with E-state index in [0.717, 1.165) is 5.56 Å². The van der Waals surface area contributed by atoms with Gasteiger partial charge in [0.05, 0.1) is 6.21 Å². The maximum absolute atomic E-state index is 12.9. The minimum atomic E-state index is -0.190. The van der Waals surface area contributed by atoms with E-state index in [4.69, 9.17) is 0 Å². The van der Waals surface area contributed by atoms with Gasteiger partial charge >= 0.3 is 0 Å². The van der Waals surface area contributed by atoms with E-state index in [0.29, 0.717) is 16.8 Å². The second kappa shape index (κ2) is 9.19. The first-order chi connectivity index (χ1) is 13.6. The fraction of sp³-hybridized carbons (Fsp3) is 0.0435. The molecule has 0 aliphatic carbocycles. The molecule has 0 saturated carbocycles. The quantitative estimate of drug-likeness (QED) is 0.399. The van der Waals surface area contributed by atoms with Crippen LogP contribution >= 0.6 is 0 Å². The van der Waals surface area contributed by atoms with Crippen LogP contribution < -0.4 is 5.32 Å². The third-order valence-corrected chi connectivity index (χ3v) is 3.89. The summed E-state index contributed by atoms with van der Waals surface area (Å²) >= 11 is 0. The molecule has 0 bridgehead atoms. The van der Waals surface area contributed by atoms with E-state index >= 15 is 0 Å². The SMILES string of the molecule is CC(=O)Nc1ccc(/C=N\N=C(/C(=O)c2ccccc2)c2ccccc2)cc1. The maximum atomic E-state index is 12.9. The Morgan fingerprint density at radius 3 is 1.93 bits per heavy atom. The Hall–Kier alpha value is -3.86. The Morgan fingerprint density at radius 2 is 1.36 bits per heavy atom. The van der Waals surface area contributed by atoms with Crippen LogP contribution in [0.15, 0.2) is 95.1 Å². The number of amides is 1. The average Bonchev–Trinajstić information content (AvgIpc) is 2.73. The summed E-state index contributed by atoms with van der Waals surface area (Å²) in [6, 6.07) is 25.4. The lowest BCUT2D eigenvalue weighted by Crippen LogP contribution is -2.15. The van der Waals surface area contributed by atoms with Gasteiger partial charge in [-0.15, -0.1) is 5.10 Å². The molecule has 28 heavy (non-hydrogen) atoms. The van der Waals surface area contributed by atoms with Crippen LogP contribution in [0, 0.1) is 0 Å². The van der Waals surface area contributed by atoms with Crippen molar-refractivity contribution in [1.82, 2.24) is 0 Å². The second-order valence-corrected chi connectivity index (χ2v) is 6.06. The molecule has 3 aromatic rings. The van der Waals surface area contributed by atoms with Crippen LogP contribution in [-0.4, -0.2) is 23.6 Å². The summed E-state index contributed by atoms with van der Waals surface area (Å²) in [4.78, 5) is 24.0. The van der Waals surface area contributed by atoms with Crippen LogP contribution in [-0.2, 0) is 4.79 Å². The van der Waals surface area contributed by atoms with E-state index in [1.807, 2.05) is 60.7 Å². The van der Waals surface area contributed by atoms with Gasteiger partial charge < -0.3 is 5.32 Å². The molecule has 5 heteroatoms. The van der Waals surface area contributed by atoms with Crippen LogP contribution in [0.1, 0.15) is 28.4 Å². The number of benzene rings is 3. The standard InChI is InChI=1S/C23H19N3O2/c1-17(27)25-21-14-12-18(13-15-21)16-24-26-22(19-8-4-2-5-9-19)23(28)20-10-6-3-7-11-20/h2-16H,1H3,(H,25,27)/b24-16-,26-22-. The second-order valence-electron chi connectivity index (χ2n) is 6.06. The zero-order valence-electron chi connectivity index (χ0n) is 15.4. The molecule has 0 aliphatic heterocycles. The van der Waals surface area contributed by atoms with Gasteiger partial charge in [-0.05, 0) is 17.7 Å². The van der Waals surface area contributed by atoms with Crippen molar-refractivity contribution in [3.63, 3.8) is 0 Å². The van der Waals surface area contributed by atoms with E-state index in [-0.39, 0.29) is 17.4 Å². The molecule has 3 aromatic carbocycles. The van der Waals surface area contributed by atoms with Crippen LogP contribution in [0.3, 0.4) is 0 Å². The topological polar surface area (TPSA) is 70.9 Å². The van der Waals surface area contributed by atoms with E-state index in [1.54, 1.807) is 30.5 Å². The molecule has 0 heterocycles. The van der Waals surface area contributed by atoms with Gasteiger partial charge in [-0.2, -0.15) is 5.10 Å². The van der Waals surface area contributed by atoms with Crippen LogP contribution in [0.2, 0.25) is 0 Å². The van der Waals surface area contributed by atoms with Gasteiger partial charge in [-0.1, -0.05) is 72.8 Å². The molecule has 0 unspecified atom stereocenters. The molecular formula is C23H19N3O2. The number of hydrogen-bond acceptors (Lipinski definition) is 4. The Labute approximate surface area is 163 Å². The largest absolute Gasteiger partial charge is 0.326 e. The van der Waals surface area contributed by atoms with Crippen LogP contribution in [0.5, 0.6) is 0 Å². The predicted octanol–water partition coefficient (Wildman–Crippen LogP) is 4.35. The van der Waals surface area contributed by atoms with E-state index in [2.05, 4.69) is 15.5 Å². The molecule has 5 nitrogen and oxygen atoms in total. The lowest BCUT2D eigenvalue weighted by Gasteiger charge is -2.04. The molecule has 0 aromatic heterocycles. The Morgan fingerprint density at radius 1 is 0.786 bits per heavy atom. The van der Waals surface area contributed by atoms with Crippen molar-refractivity contribution in [2.45, 2.75) is 6.92 Å². The number of Topliss-reactive ketones (excluding diaryl/α,β-unsaturated/α-hetero) is 1. The minimum Gasteiger partial charge on any atom is -0.326 e. The van der Waals surface area contributed by atoms with Crippen LogP contribution in [0.25, 0.3) is 0 Å². The highest BCUT2D eigenvalue weighted by Crippen LogP contribution is 2.11. The number of nitrogens with one attached hydrogen (secondary N) is 1. The van der Waals surface area contributed by atoms with Gasteiger partial charge in [0.25, 0.3) is 0 Å². The van der Waals surface area contributed by atoms with Gasteiger partial charge in [0, 0.05) is 23.7 Å². The van der Waals surface area contributed by atoms with Crippen molar-refractivity contribution in [1.29, 1.82) is 0 Å². The molecule has 138 valence electrons. The lowest BCUT2D eigenvalue weighted by atomic mass is 10.0. The van der Waals surface area contributed by atoms with E-state index in [9.17, 15) is 9.59 Å². The summed E-state index contributed by atoms with van der Waals surface area (Å²) in [6.07, 6.45) is 1.57. The van der Waals surface area contributed by atoms with Gasteiger partial charge in [-0.25, -0.2) is 0 Å². The minimum absolute atomic E-state index is 0.127. The molecule has 0 spiro atoms. The summed E-state index contributed by atoms with van der Waals surface area (Å²) in [5, 5.41) is 11.0. The summed E-state index contributed by atoms with van der Waals surface area (Å²) < 4.78 is 0. The molecule has 1 amide bonds. The average molecular weight is 369 g/mol. The number of rotatable bonds is 6. The van der Waals surface area contributed by atoms with Crippen molar-refractivity contribution >= 4 is 29.3 Å². The molecule has 0 atom stereocenters. The van der Waals surface area contributed by atoms with Gasteiger partial charge in [0.1, 0.15) is 5.71 Å². The van der Waals surface area contributed by atoms with Gasteiger partial charge in [0.2, 0.25) is 11.7 Å². The van der Waals surface area contributed by atoms with Crippen molar-refractivity contribution in [2.24, 2.45) is 10.2 Å². The first kappa shape index (κ1) is 18.9. The fourth-order valence-electron chi connectivity index (χ4n) is 2.57. The highest BCUT2D eigenvalue weighted by atomic mass is 16.1. The molecule has 0 saturated heterocycles. The first-order valence-electron chi connectivity index (χ1n) is 8.77. The summed E-state index contributed by atoms with van der Waals surface area (Å²) in [5.74, 6) is -0.317. The predicted molar refractivity (Wildman–Crippen MR) is 112 cm³/mol. The number of anilines is 1. The van der Waals surface area contributed by atoms with Crippen LogP contribution in [0.4, 0.5) is 5.69 Å². The fourth-order valence-corrected chi connectivity index (χ4v) is 2.57. The molecular weight excluding hydrogens is 350 g/mol.